The fraction of sp³-hybridized carbons (Fsp3) is 0.667. The van der Waals surface area contributed by atoms with Crippen molar-refractivity contribution in [3.8, 4) is 5.75 Å². The van der Waals surface area contributed by atoms with Crippen LogP contribution in [0, 0.1) is 11.3 Å². The van der Waals surface area contributed by atoms with Gasteiger partial charge < -0.3 is 10.5 Å². The molecular formula is C18H30N2O. The second kappa shape index (κ2) is 6.80. The number of piperidine rings is 1. The summed E-state index contributed by atoms with van der Waals surface area (Å²) in [7, 11) is 0. The largest absolute Gasteiger partial charge is 0.493 e. The van der Waals surface area contributed by atoms with Crippen LogP contribution >= 0.6 is 0 Å². The van der Waals surface area contributed by atoms with Crippen molar-refractivity contribution in [2.75, 3.05) is 19.7 Å². The number of hydrogen-bond donors (Lipinski definition) is 1. The number of rotatable bonds is 5. The van der Waals surface area contributed by atoms with Gasteiger partial charge in [-0.15, -0.1) is 0 Å². The Balaban J connectivity index is 1.95. The standard InChI is InChI=1S/C18H30N2O/c1-14(2)12-21-16-7-5-6-15(10-16)11-20-9-8-17(19)18(3,4)13-20/h5-7,10,14,17H,8-9,11-13,19H2,1-4H3. The Morgan fingerprint density at radius 1 is 1.38 bits per heavy atom. The van der Waals surface area contributed by atoms with Crippen LogP contribution in [0.3, 0.4) is 0 Å². The molecule has 1 heterocycles. The molecule has 0 aromatic heterocycles. The van der Waals surface area contributed by atoms with Gasteiger partial charge in [-0.05, 0) is 35.4 Å². The molecule has 1 aliphatic heterocycles. The first-order valence-electron chi connectivity index (χ1n) is 8.06. The molecule has 2 N–H and O–H groups in total. The second-order valence-corrected chi connectivity index (χ2v) is 7.45. The third-order valence-corrected chi connectivity index (χ3v) is 4.28. The quantitative estimate of drug-likeness (QED) is 0.904. The zero-order valence-electron chi connectivity index (χ0n) is 13.9. The number of ether oxygens (including phenoxy) is 1. The maximum absolute atomic E-state index is 6.21. The number of benzene rings is 1. The summed E-state index contributed by atoms with van der Waals surface area (Å²) in [5.41, 5.74) is 7.73. The molecule has 3 nitrogen and oxygen atoms in total. The van der Waals surface area contributed by atoms with Gasteiger partial charge in [-0.1, -0.05) is 39.8 Å². The first kappa shape index (κ1) is 16.3. The van der Waals surface area contributed by atoms with Crippen molar-refractivity contribution < 1.29 is 4.74 Å². The van der Waals surface area contributed by atoms with Crippen molar-refractivity contribution >= 4 is 0 Å². The summed E-state index contributed by atoms with van der Waals surface area (Å²) in [4.78, 5) is 2.50. The predicted octanol–water partition coefficient (Wildman–Crippen LogP) is 3.28. The van der Waals surface area contributed by atoms with Crippen molar-refractivity contribution in [1.29, 1.82) is 0 Å². The van der Waals surface area contributed by atoms with Crippen LogP contribution < -0.4 is 10.5 Å². The minimum atomic E-state index is 0.198. The summed E-state index contributed by atoms with van der Waals surface area (Å²) in [5.74, 6) is 1.53. The van der Waals surface area contributed by atoms with Gasteiger partial charge in [0, 0.05) is 25.7 Å². The molecule has 1 atom stereocenters. The summed E-state index contributed by atoms with van der Waals surface area (Å²) >= 11 is 0. The second-order valence-electron chi connectivity index (χ2n) is 7.45. The Labute approximate surface area is 129 Å². The molecule has 1 aliphatic rings. The molecule has 1 unspecified atom stereocenters. The van der Waals surface area contributed by atoms with Crippen molar-refractivity contribution in [3.05, 3.63) is 29.8 Å². The highest BCUT2D eigenvalue weighted by atomic mass is 16.5. The molecule has 1 aromatic carbocycles. The lowest BCUT2D eigenvalue weighted by Gasteiger charge is -2.42. The van der Waals surface area contributed by atoms with Gasteiger partial charge in [0.1, 0.15) is 5.75 Å². The lowest BCUT2D eigenvalue weighted by molar-refractivity contribution is 0.0898. The van der Waals surface area contributed by atoms with Crippen molar-refractivity contribution in [3.63, 3.8) is 0 Å². The minimum absolute atomic E-state index is 0.198. The molecule has 0 spiro atoms. The summed E-state index contributed by atoms with van der Waals surface area (Å²) in [6.07, 6.45) is 1.08. The Morgan fingerprint density at radius 3 is 2.81 bits per heavy atom. The first-order valence-corrected chi connectivity index (χ1v) is 8.06. The Hall–Kier alpha value is -1.06. The molecule has 118 valence electrons. The van der Waals surface area contributed by atoms with E-state index >= 15 is 0 Å². The highest BCUT2D eigenvalue weighted by Crippen LogP contribution is 2.29. The molecule has 1 saturated heterocycles. The molecule has 0 bridgehead atoms. The van der Waals surface area contributed by atoms with Crippen molar-refractivity contribution in [2.45, 2.75) is 46.7 Å². The van der Waals surface area contributed by atoms with Crippen LogP contribution in [0.5, 0.6) is 5.75 Å². The molecular weight excluding hydrogens is 260 g/mol. The average Bonchev–Trinajstić information content (AvgIpc) is 2.41. The number of likely N-dealkylation sites (tertiary alicyclic amines) is 1. The van der Waals surface area contributed by atoms with Crippen molar-refractivity contribution in [2.24, 2.45) is 17.1 Å². The fourth-order valence-corrected chi connectivity index (χ4v) is 2.87. The van der Waals surface area contributed by atoms with Crippen LogP contribution in [0.15, 0.2) is 24.3 Å². The fourth-order valence-electron chi connectivity index (χ4n) is 2.87. The highest BCUT2D eigenvalue weighted by molar-refractivity contribution is 5.28. The molecule has 0 saturated carbocycles. The lowest BCUT2D eigenvalue weighted by atomic mass is 9.79. The predicted molar refractivity (Wildman–Crippen MR) is 88.4 cm³/mol. The maximum atomic E-state index is 6.21. The topological polar surface area (TPSA) is 38.5 Å². The SMILES string of the molecule is CC(C)COc1cccc(CN2CCC(N)C(C)(C)C2)c1. The van der Waals surface area contributed by atoms with E-state index in [2.05, 4.69) is 50.8 Å². The smallest absolute Gasteiger partial charge is 0.119 e. The zero-order valence-corrected chi connectivity index (χ0v) is 13.9. The molecule has 0 radical (unpaired) electrons. The number of hydrogen-bond acceptors (Lipinski definition) is 3. The normalized spacial score (nSPS) is 22.5. The van der Waals surface area contributed by atoms with Gasteiger partial charge in [-0.2, -0.15) is 0 Å². The van der Waals surface area contributed by atoms with Gasteiger partial charge in [-0.25, -0.2) is 0 Å². The maximum Gasteiger partial charge on any atom is 0.119 e. The molecule has 21 heavy (non-hydrogen) atoms. The number of nitrogens with zero attached hydrogens (tertiary/aromatic N) is 1. The average molecular weight is 290 g/mol. The van der Waals surface area contributed by atoms with E-state index in [0.717, 1.165) is 38.4 Å². The molecule has 2 rings (SSSR count). The van der Waals surface area contributed by atoms with Crippen LogP contribution in [-0.2, 0) is 6.54 Å². The van der Waals surface area contributed by atoms with E-state index in [4.69, 9.17) is 10.5 Å². The molecule has 3 heteroatoms. The van der Waals surface area contributed by atoms with E-state index in [9.17, 15) is 0 Å². The van der Waals surface area contributed by atoms with Gasteiger partial charge >= 0.3 is 0 Å². The minimum Gasteiger partial charge on any atom is -0.493 e. The van der Waals surface area contributed by atoms with Crippen LogP contribution in [0.1, 0.15) is 39.7 Å². The van der Waals surface area contributed by atoms with E-state index in [1.54, 1.807) is 0 Å². The lowest BCUT2D eigenvalue weighted by Crippen LogP contribution is -2.52. The Kier molecular flexibility index (Phi) is 5.28. The van der Waals surface area contributed by atoms with E-state index in [0.29, 0.717) is 12.0 Å². The Bertz CT molecular complexity index is 456. The zero-order chi connectivity index (χ0) is 15.5. The van der Waals surface area contributed by atoms with E-state index in [1.807, 2.05) is 6.07 Å². The van der Waals surface area contributed by atoms with Gasteiger partial charge in [-0.3, -0.25) is 4.90 Å². The van der Waals surface area contributed by atoms with Gasteiger partial charge in [0.25, 0.3) is 0 Å². The van der Waals surface area contributed by atoms with Crippen LogP contribution in [-0.4, -0.2) is 30.6 Å². The highest BCUT2D eigenvalue weighted by Gasteiger charge is 2.33. The van der Waals surface area contributed by atoms with Crippen molar-refractivity contribution in [1.82, 2.24) is 4.90 Å². The molecule has 1 fully saturated rings. The van der Waals surface area contributed by atoms with Gasteiger partial charge in [0.2, 0.25) is 0 Å². The molecule has 1 aromatic rings. The van der Waals surface area contributed by atoms with Crippen LogP contribution in [0.4, 0.5) is 0 Å². The number of nitrogens with two attached hydrogens (primary N) is 1. The van der Waals surface area contributed by atoms with Gasteiger partial charge in [0.05, 0.1) is 6.61 Å². The summed E-state index contributed by atoms with van der Waals surface area (Å²) in [5, 5.41) is 0. The van der Waals surface area contributed by atoms with Gasteiger partial charge in [0.15, 0.2) is 0 Å². The third-order valence-electron chi connectivity index (χ3n) is 4.28. The first-order chi connectivity index (χ1) is 9.87. The Morgan fingerprint density at radius 2 is 2.14 bits per heavy atom. The summed E-state index contributed by atoms with van der Waals surface area (Å²) in [6, 6.07) is 8.80. The van der Waals surface area contributed by atoms with Crippen LogP contribution in [0.25, 0.3) is 0 Å². The monoisotopic (exact) mass is 290 g/mol. The molecule has 0 amide bonds. The van der Waals surface area contributed by atoms with E-state index < -0.39 is 0 Å². The van der Waals surface area contributed by atoms with E-state index in [1.165, 1.54) is 5.56 Å². The molecule has 0 aliphatic carbocycles. The summed E-state index contributed by atoms with van der Waals surface area (Å²) in [6.45, 7) is 12.8. The van der Waals surface area contributed by atoms with E-state index in [-0.39, 0.29) is 5.41 Å². The third kappa shape index (κ3) is 4.72. The van der Waals surface area contributed by atoms with Crippen LogP contribution in [0.2, 0.25) is 0 Å². The summed E-state index contributed by atoms with van der Waals surface area (Å²) < 4.78 is 5.82.